The van der Waals surface area contributed by atoms with E-state index in [0.717, 1.165) is 15.6 Å². The molecule has 8 heteroatoms. The van der Waals surface area contributed by atoms with Gasteiger partial charge < -0.3 is 10.1 Å². The zero-order chi connectivity index (χ0) is 22.4. The number of carbonyl (C=O) groups is 1. The number of ether oxygens (including phenoxy) is 1. The molecule has 0 unspecified atom stereocenters. The van der Waals surface area contributed by atoms with Gasteiger partial charge in [-0.3, -0.25) is 4.79 Å². The minimum absolute atomic E-state index is 0.0881. The Bertz CT molecular complexity index is 1150. The highest BCUT2D eigenvalue weighted by molar-refractivity contribution is 9.10. The molecule has 31 heavy (non-hydrogen) atoms. The third-order valence-corrected chi connectivity index (χ3v) is 6.69. The molecule has 0 spiro atoms. The van der Waals surface area contributed by atoms with Crippen LogP contribution in [0.2, 0.25) is 0 Å². The van der Waals surface area contributed by atoms with E-state index in [0.29, 0.717) is 0 Å². The molecule has 1 atom stereocenters. The van der Waals surface area contributed by atoms with Crippen molar-refractivity contribution in [3.63, 3.8) is 0 Å². The van der Waals surface area contributed by atoms with Gasteiger partial charge in [0, 0.05) is 16.6 Å². The summed E-state index contributed by atoms with van der Waals surface area (Å²) in [6.07, 6.45) is 0. The lowest BCUT2D eigenvalue weighted by Crippen LogP contribution is -2.28. The Hall–Kier alpha value is -2.68. The standard InChI is InChI=1S/C23H23BrN2O4S/c1-16(18-8-11-20(24)12-9-18)26-23(27)19-10-13-21(30-2)22(14-19)31(28,29)25-15-17-6-4-3-5-7-17/h3-14,16,25H,15H2,1-2H3,(H,26,27)/t16-/m1/s1. The quantitative estimate of drug-likeness (QED) is 0.477. The first-order valence-electron chi connectivity index (χ1n) is 9.58. The maximum absolute atomic E-state index is 12.9. The molecule has 0 bridgehead atoms. The van der Waals surface area contributed by atoms with Crippen molar-refractivity contribution in [2.75, 3.05) is 7.11 Å². The van der Waals surface area contributed by atoms with Gasteiger partial charge in [0.2, 0.25) is 10.0 Å². The van der Waals surface area contributed by atoms with Crippen LogP contribution in [0.15, 0.2) is 82.2 Å². The summed E-state index contributed by atoms with van der Waals surface area (Å²) < 4.78 is 34.5. The predicted molar refractivity (Wildman–Crippen MR) is 123 cm³/mol. The van der Waals surface area contributed by atoms with Gasteiger partial charge in [0.25, 0.3) is 5.91 Å². The third kappa shape index (κ3) is 5.94. The number of sulfonamides is 1. The van der Waals surface area contributed by atoms with Gasteiger partial charge in [0.05, 0.1) is 13.2 Å². The van der Waals surface area contributed by atoms with Crippen LogP contribution in [0.25, 0.3) is 0 Å². The first-order chi connectivity index (χ1) is 14.8. The number of hydrogen-bond donors (Lipinski definition) is 2. The SMILES string of the molecule is COc1ccc(C(=O)N[C@H](C)c2ccc(Br)cc2)cc1S(=O)(=O)NCc1ccccc1. The van der Waals surface area contributed by atoms with Gasteiger partial charge in [-0.2, -0.15) is 0 Å². The molecule has 0 aliphatic carbocycles. The van der Waals surface area contributed by atoms with Crippen LogP contribution in [0, 0.1) is 0 Å². The summed E-state index contributed by atoms with van der Waals surface area (Å²) in [5.74, 6) is -0.212. The topological polar surface area (TPSA) is 84.5 Å². The van der Waals surface area contributed by atoms with Crippen LogP contribution >= 0.6 is 15.9 Å². The highest BCUT2D eigenvalue weighted by Gasteiger charge is 2.22. The van der Waals surface area contributed by atoms with Crippen molar-refractivity contribution in [1.82, 2.24) is 10.0 Å². The molecule has 2 N–H and O–H groups in total. The first-order valence-corrected chi connectivity index (χ1v) is 11.9. The van der Waals surface area contributed by atoms with E-state index in [1.807, 2.05) is 61.5 Å². The molecule has 3 rings (SSSR count). The summed E-state index contributed by atoms with van der Waals surface area (Å²) in [4.78, 5) is 12.7. The fourth-order valence-corrected chi connectivity index (χ4v) is 4.47. The van der Waals surface area contributed by atoms with Gasteiger partial charge in [-0.15, -0.1) is 0 Å². The number of methoxy groups -OCH3 is 1. The summed E-state index contributed by atoms with van der Waals surface area (Å²) in [5.41, 5.74) is 1.98. The second kappa shape index (κ2) is 10.1. The second-order valence-corrected chi connectivity index (χ2v) is 9.57. The zero-order valence-corrected chi connectivity index (χ0v) is 19.5. The number of halogens is 1. The van der Waals surface area contributed by atoms with E-state index in [4.69, 9.17) is 4.74 Å². The number of benzene rings is 3. The summed E-state index contributed by atoms with van der Waals surface area (Å²) in [6, 6.07) is 20.9. The van der Waals surface area contributed by atoms with Crippen molar-refractivity contribution >= 4 is 31.9 Å². The molecule has 162 valence electrons. The molecule has 3 aromatic carbocycles. The van der Waals surface area contributed by atoms with Crippen molar-refractivity contribution in [2.24, 2.45) is 0 Å². The Labute approximate surface area is 190 Å². The van der Waals surface area contributed by atoms with Gasteiger partial charge in [-0.05, 0) is 48.4 Å². The van der Waals surface area contributed by atoms with E-state index in [-0.39, 0.29) is 34.7 Å². The van der Waals surface area contributed by atoms with Gasteiger partial charge in [0.15, 0.2) is 0 Å². The Balaban J connectivity index is 1.80. The molecule has 0 aliphatic rings. The van der Waals surface area contributed by atoms with Crippen LogP contribution < -0.4 is 14.8 Å². The largest absolute Gasteiger partial charge is 0.495 e. The monoisotopic (exact) mass is 502 g/mol. The van der Waals surface area contributed by atoms with Crippen LogP contribution in [0.5, 0.6) is 5.75 Å². The molecule has 0 fully saturated rings. The lowest BCUT2D eigenvalue weighted by Gasteiger charge is -2.16. The van der Waals surface area contributed by atoms with Gasteiger partial charge in [0.1, 0.15) is 10.6 Å². The van der Waals surface area contributed by atoms with E-state index in [9.17, 15) is 13.2 Å². The normalized spacial score (nSPS) is 12.2. The number of carbonyl (C=O) groups excluding carboxylic acids is 1. The summed E-state index contributed by atoms with van der Waals surface area (Å²) in [6.45, 7) is 1.99. The van der Waals surface area contributed by atoms with Gasteiger partial charge in [-0.25, -0.2) is 13.1 Å². The Morgan fingerprint density at radius 2 is 1.71 bits per heavy atom. The molecule has 1 amide bonds. The maximum atomic E-state index is 12.9. The van der Waals surface area contributed by atoms with Crippen LogP contribution in [-0.4, -0.2) is 21.4 Å². The zero-order valence-electron chi connectivity index (χ0n) is 17.1. The predicted octanol–water partition coefficient (Wildman–Crippen LogP) is 4.43. The number of nitrogens with one attached hydrogen (secondary N) is 2. The Morgan fingerprint density at radius 3 is 2.35 bits per heavy atom. The summed E-state index contributed by atoms with van der Waals surface area (Å²) >= 11 is 3.39. The molecular weight excluding hydrogens is 480 g/mol. The van der Waals surface area contributed by atoms with Crippen molar-refractivity contribution in [3.05, 3.63) is 94.0 Å². The van der Waals surface area contributed by atoms with E-state index in [1.165, 1.54) is 19.2 Å². The molecule has 0 aliphatic heterocycles. The molecular formula is C23H23BrN2O4S. The third-order valence-electron chi connectivity index (χ3n) is 4.74. The van der Waals surface area contributed by atoms with E-state index >= 15 is 0 Å². The van der Waals surface area contributed by atoms with E-state index in [2.05, 4.69) is 26.0 Å². The van der Waals surface area contributed by atoms with Crippen LogP contribution in [0.1, 0.15) is 34.5 Å². The fourth-order valence-electron chi connectivity index (χ4n) is 2.99. The Morgan fingerprint density at radius 1 is 1.03 bits per heavy atom. The number of amides is 1. The van der Waals surface area contributed by atoms with Gasteiger partial charge >= 0.3 is 0 Å². The highest BCUT2D eigenvalue weighted by atomic mass is 79.9. The van der Waals surface area contributed by atoms with Crippen LogP contribution in [0.4, 0.5) is 0 Å². The smallest absolute Gasteiger partial charge is 0.251 e. The lowest BCUT2D eigenvalue weighted by molar-refractivity contribution is 0.0939. The number of rotatable bonds is 8. The van der Waals surface area contributed by atoms with E-state index in [1.54, 1.807) is 6.07 Å². The average molecular weight is 503 g/mol. The van der Waals surface area contributed by atoms with Crippen molar-refractivity contribution in [2.45, 2.75) is 24.4 Å². The Kier molecular flexibility index (Phi) is 7.48. The molecule has 0 radical (unpaired) electrons. The van der Waals surface area contributed by atoms with Crippen LogP contribution in [0.3, 0.4) is 0 Å². The van der Waals surface area contributed by atoms with E-state index < -0.39 is 10.0 Å². The average Bonchev–Trinajstić information content (AvgIpc) is 2.78. The molecule has 0 saturated carbocycles. The second-order valence-electron chi connectivity index (χ2n) is 6.92. The van der Waals surface area contributed by atoms with Crippen molar-refractivity contribution in [1.29, 1.82) is 0 Å². The minimum Gasteiger partial charge on any atom is -0.495 e. The summed E-state index contributed by atoms with van der Waals surface area (Å²) in [5, 5.41) is 2.90. The van der Waals surface area contributed by atoms with Crippen molar-refractivity contribution < 1.29 is 17.9 Å². The lowest BCUT2D eigenvalue weighted by atomic mass is 10.1. The highest BCUT2D eigenvalue weighted by Crippen LogP contribution is 2.26. The number of hydrogen-bond acceptors (Lipinski definition) is 4. The molecule has 0 heterocycles. The summed E-state index contributed by atoms with van der Waals surface area (Å²) in [7, 11) is -2.51. The first kappa shape index (κ1) is 23.0. The molecule has 0 aromatic heterocycles. The molecule has 3 aromatic rings. The molecule has 6 nitrogen and oxygen atoms in total. The van der Waals surface area contributed by atoms with Crippen molar-refractivity contribution in [3.8, 4) is 5.75 Å². The van der Waals surface area contributed by atoms with Gasteiger partial charge in [-0.1, -0.05) is 58.4 Å². The van der Waals surface area contributed by atoms with Crippen LogP contribution in [-0.2, 0) is 16.6 Å². The maximum Gasteiger partial charge on any atom is 0.251 e. The molecule has 0 saturated heterocycles. The fraction of sp³-hybridized carbons (Fsp3) is 0.174. The minimum atomic E-state index is -3.90.